The topological polar surface area (TPSA) is 56.7 Å². The molecule has 0 radical (unpaired) electrons. The van der Waals surface area contributed by atoms with Crippen molar-refractivity contribution < 1.29 is 0 Å². The number of rotatable bonds is 4. The van der Waals surface area contributed by atoms with Crippen molar-refractivity contribution in [1.29, 1.82) is 0 Å². The zero-order valence-electron chi connectivity index (χ0n) is 11.2. The molecule has 0 bridgehead atoms. The summed E-state index contributed by atoms with van der Waals surface area (Å²) in [6.07, 6.45) is 4.73. The van der Waals surface area contributed by atoms with E-state index in [0.717, 1.165) is 29.4 Å². The second-order valence-corrected chi connectivity index (χ2v) is 6.40. The Morgan fingerprint density at radius 3 is 2.78 bits per heavy atom. The molecule has 0 amide bonds. The number of hydrogen-bond acceptors (Lipinski definition) is 4. The van der Waals surface area contributed by atoms with Crippen LogP contribution in [0.25, 0.3) is 0 Å². The minimum absolute atomic E-state index is 0.119. The van der Waals surface area contributed by atoms with Gasteiger partial charge in [-0.25, -0.2) is 9.97 Å². The van der Waals surface area contributed by atoms with Gasteiger partial charge in [0.1, 0.15) is 5.01 Å². The Kier molecular flexibility index (Phi) is 3.82. The van der Waals surface area contributed by atoms with Crippen LogP contribution in [0.1, 0.15) is 37.2 Å². The number of imidazole rings is 1. The second kappa shape index (κ2) is 5.20. The van der Waals surface area contributed by atoms with Crippen LogP contribution in [0.4, 0.5) is 0 Å². The van der Waals surface area contributed by atoms with Crippen LogP contribution in [-0.4, -0.2) is 21.1 Å². The number of aromatic nitrogens is 3. The Labute approximate surface area is 112 Å². The fourth-order valence-corrected chi connectivity index (χ4v) is 2.68. The minimum Gasteiger partial charge on any atom is -0.330 e. The summed E-state index contributed by atoms with van der Waals surface area (Å²) in [4.78, 5) is 8.99. The molecular weight excluding hydrogens is 244 g/mol. The summed E-state index contributed by atoms with van der Waals surface area (Å²) < 4.78 is 2.07. The van der Waals surface area contributed by atoms with E-state index in [1.54, 1.807) is 11.3 Å². The number of hydrogen-bond donors (Lipinski definition) is 1. The highest BCUT2D eigenvalue weighted by Gasteiger charge is 2.17. The first kappa shape index (κ1) is 13.2. The van der Waals surface area contributed by atoms with Gasteiger partial charge in [-0.05, 0) is 6.54 Å². The third-order valence-corrected chi connectivity index (χ3v) is 3.56. The Hall–Kier alpha value is -1.20. The van der Waals surface area contributed by atoms with E-state index < -0.39 is 0 Å². The van der Waals surface area contributed by atoms with Gasteiger partial charge in [0.15, 0.2) is 0 Å². The Morgan fingerprint density at radius 2 is 2.17 bits per heavy atom. The van der Waals surface area contributed by atoms with Crippen LogP contribution in [0.5, 0.6) is 0 Å². The normalized spacial score (nSPS) is 12.0. The molecule has 0 aliphatic rings. The lowest BCUT2D eigenvalue weighted by molar-refractivity contribution is 0.569. The molecule has 4 nitrogen and oxygen atoms in total. The average Bonchev–Trinajstić information content (AvgIpc) is 2.88. The highest BCUT2D eigenvalue weighted by atomic mass is 32.1. The van der Waals surface area contributed by atoms with Crippen molar-refractivity contribution in [3.8, 4) is 0 Å². The first-order chi connectivity index (χ1) is 8.49. The van der Waals surface area contributed by atoms with Gasteiger partial charge < -0.3 is 10.3 Å². The summed E-state index contributed by atoms with van der Waals surface area (Å²) in [5.41, 5.74) is 7.84. The number of nitrogens with zero attached hydrogens (tertiary/aromatic N) is 3. The highest BCUT2D eigenvalue weighted by Crippen LogP contribution is 2.24. The van der Waals surface area contributed by atoms with Gasteiger partial charge in [0, 0.05) is 23.4 Å². The lowest BCUT2D eigenvalue weighted by atomic mass is 9.93. The fourth-order valence-electron chi connectivity index (χ4n) is 1.65. The van der Waals surface area contributed by atoms with Gasteiger partial charge in [0.05, 0.1) is 24.3 Å². The van der Waals surface area contributed by atoms with E-state index in [1.165, 1.54) is 0 Å². The zero-order valence-corrected chi connectivity index (χ0v) is 12.0. The van der Waals surface area contributed by atoms with Gasteiger partial charge >= 0.3 is 0 Å². The molecule has 0 aliphatic carbocycles. The third kappa shape index (κ3) is 3.17. The molecule has 2 aromatic heterocycles. The molecular formula is C13H20N4S. The summed E-state index contributed by atoms with van der Waals surface area (Å²) in [7, 11) is 0. The van der Waals surface area contributed by atoms with Crippen LogP contribution in [-0.2, 0) is 18.4 Å². The largest absolute Gasteiger partial charge is 0.330 e. The van der Waals surface area contributed by atoms with Gasteiger partial charge in [0.25, 0.3) is 0 Å². The fraction of sp³-hybridized carbons (Fsp3) is 0.538. The van der Waals surface area contributed by atoms with Crippen LogP contribution in [0, 0.1) is 0 Å². The van der Waals surface area contributed by atoms with Crippen LogP contribution in [0.15, 0.2) is 17.9 Å². The molecule has 0 atom stereocenters. The molecule has 0 fully saturated rings. The first-order valence-electron chi connectivity index (χ1n) is 6.14. The van der Waals surface area contributed by atoms with Crippen molar-refractivity contribution >= 4 is 11.3 Å². The van der Waals surface area contributed by atoms with Gasteiger partial charge in [-0.2, -0.15) is 0 Å². The van der Waals surface area contributed by atoms with E-state index in [2.05, 4.69) is 40.7 Å². The van der Waals surface area contributed by atoms with Gasteiger partial charge in [0.2, 0.25) is 0 Å². The van der Waals surface area contributed by atoms with Crippen molar-refractivity contribution in [3.05, 3.63) is 34.3 Å². The van der Waals surface area contributed by atoms with Crippen LogP contribution in [0.3, 0.4) is 0 Å². The molecule has 2 N–H and O–H groups in total. The van der Waals surface area contributed by atoms with Crippen LogP contribution < -0.4 is 5.73 Å². The van der Waals surface area contributed by atoms with Gasteiger partial charge in [-0.1, -0.05) is 20.8 Å². The molecule has 98 valence electrons. The lowest BCUT2D eigenvalue weighted by Crippen LogP contribution is -2.11. The number of nitrogens with two attached hydrogens (primary N) is 1. The van der Waals surface area contributed by atoms with Crippen LogP contribution >= 0.6 is 11.3 Å². The predicted molar refractivity (Wildman–Crippen MR) is 74.9 cm³/mol. The third-order valence-electron chi connectivity index (χ3n) is 2.73. The maximum atomic E-state index is 5.51. The van der Waals surface area contributed by atoms with E-state index in [4.69, 9.17) is 5.73 Å². The summed E-state index contributed by atoms with van der Waals surface area (Å²) in [5.74, 6) is 0. The Morgan fingerprint density at radius 1 is 1.39 bits per heavy atom. The highest BCUT2D eigenvalue weighted by molar-refractivity contribution is 7.09. The molecule has 2 rings (SSSR count). The monoisotopic (exact) mass is 264 g/mol. The first-order valence-corrected chi connectivity index (χ1v) is 7.02. The summed E-state index contributed by atoms with van der Waals surface area (Å²) in [6, 6.07) is 0. The molecule has 5 heteroatoms. The lowest BCUT2D eigenvalue weighted by Gasteiger charge is -2.14. The summed E-state index contributed by atoms with van der Waals surface area (Å²) >= 11 is 1.71. The summed E-state index contributed by atoms with van der Waals surface area (Å²) in [6.45, 7) is 7.98. The van der Waals surface area contributed by atoms with Crippen molar-refractivity contribution in [1.82, 2.24) is 14.5 Å². The van der Waals surface area contributed by atoms with Crippen molar-refractivity contribution in [3.63, 3.8) is 0 Å². The molecule has 0 saturated carbocycles. The molecule has 18 heavy (non-hydrogen) atoms. The van der Waals surface area contributed by atoms with Crippen molar-refractivity contribution in [2.24, 2.45) is 5.73 Å². The maximum absolute atomic E-state index is 5.51. The Bertz CT molecular complexity index is 507. The molecule has 2 heterocycles. The molecule has 0 aromatic carbocycles. The molecule has 0 unspecified atom stereocenters. The smallest absolute Gasteiger partial charge is 0.113 e. The van der Waals surface area contributed by atoms with E-state index >= 15 is 0 Å². The second-order valence-electron chi connectivity index (χ2n) is 5.45. The van der Waals surface area contributed by atoms with E-state index in [0.29, 0.717) is 6.54 Å². The maximum Gasteiger partial charge on any atom is 0.113 e. The molecule has 0 saturated heterocycles. The predicted octanol–water partition coefficient (Wildman–Crippen LogP) is 2.19. The zero-order chi connectivity index (χ0) is 13.2. The van der Waals surface area contributed by atoms with E-state index in [9.17, 15) is 0 Å². The quantitative estimate of drug-likeness (QED) is 0.921. The van der Waals surface area contributed by atoms with Crippen molar-refractivity contribution in [2.45, 2.75) is 39.2 Å². The van der Waals surface area contributed by atoms with Crippen LogP contribution in [0.2, 0.25) is 0 Å². The molecule has 2 aromatic rings. The van der Waals surface area contributed by atoms with Gasteiger partial charge in [-0.3, -0.25) is 0 Å². The minimum atomic E-state index is 0.119. The molecule has 0 aliphatic heterocycles. The van der Waals surface area contributed by atoms with Gasteiger partial charge in [-0.15, -0.1) is 11.3 Å². The SMILES string of the molecule is CC(C)(C)c1csc(Cn2cnc(CCN)c2)n1. The van der Waals surface area contributed by atoms with E-state index in [-0.39, 0.29) is 5.41 Å². The number of thiazole rings is 1. The molecule has 0 spiro atoms. The summed E-state index contributed by atoms with van der Waals surface area (Å²) in [5, 5.41) is 3.27. The average molecular weight is 264 g/mol. The van der Waals surface area contributed by atoms with E-state index in [1.807, 2.05) is 12.5 Å². The standard InChI is InChI=1S/C13H20N4S/c1-13(2,3)11-8-18-12(16-11)7-17-6-10(4-5-14)15-9-17/h6,8-9H,4-5,7,14H2,1-3H3. The van der Waals surface area contributed by atoms with Crippen molar-refractivity contribution in [2.75, 3.05) is 6.54 Å². The Balaban J connectivity index is 2.06.